The Bertz CT molecular complexity index is 136. The lowest BCUT2D eigenvalue weighted by Crippen LogP contribution is -2.27. The molecule has 0 aliphatic heterocycles. The molecule has 0 bridgehead atoms. The molecular weight excluding hydrogens is 156 g/mol. The lowest BCUT2D eigenvalue weighted by molar-refractivity contribution is -0.115. The van der Waals surface area contributed by atoms with Gasteiger partial charge in [0.2, 0.25) is 0 Å². The van der Waals surface area contributed by atoms with Gasteiger partial charge in [-0.05, 0) is 25.7 Å². The fourth-order valence-electron chi connectivity index (χ4n) is 1.64. The van der Waals surface area contributed by atoms with E-state index < -0.39 is 0 Å². The lowest BCUT2D eigenvalue weighted by Gasteiger charge is -2.27. The maximum Gasteiger partial charge on any atom is 0.145 e. The van der Waals surface area contributed by atoms with Gasteiger partial charge in [-0.2, -0.15) is 0 Å². The maximum absolute atomic E-state index is 10.0. The number of ether oxygens (including phenoxy) is 2. The molecule has 3 nitrogen and oxygen atoms in total. The van der Waals surface area contributed by atoms with Crippen molar-refractivity contribution in [1.29, 1.82) is 0 Å². The minimum absolute atomic E-state index is 0.223. The number of rotatable bonds is 4. The van der Waals surface area contributed by atoms with Crippen LogP contribution in [-0.2, 0) is 14.3 Å². The molecule has 1 rings (SSSR count). The Kier molecular flexibility index (Phi) is 4.25. The van der Waals surface area contributed by atoms with Crippen LogP contribution in [0.4, 0.5) is 0 Å². The van der Waals surface area contributed by atoms with Gasteiger partial charge in [0.15, 0.2) is 0 Å². The number of methoxy groups -OCH3 is 1. The van der Waals surface area contributed by atoms with Crippen LogP contribution in [0.3, 0.4) is 0 Å². The molecule has 0 N–H and O–H groups in total. The van der Waals surface area contributed by atoms with Gasteiger partial charge in [-0.1, -0.05) is 0 Å². The Hall–Kier alpha value is -0.410. The zero-order chi connectivity index (χ0) is 8.81. The SMILES string of the molecule is COC1CCCC(OCC=O)C1. The summed E-state index contributed by atoms with van der Waals surface area (Å²) in [4.78, 5) is 10.0. The Morgan fingerprint density at radius 2 is 2.17 bits per heavy atom. The largest absolute Gasteiger partial charge is 0.381 e. The summed E-state index contributed by atoms with van der Waals surface area (Å²) in [5.41, 5.74) is 0. The molecule has 0 heterocycles. The van der Waals surface area contributed by atoms with Crippen molar-refractivity contribution in [2.75, 3.05) is 13.7 Å². The highest BCUT2D eigenvalue weighted by Crippen LogP contribution is 2.22. The minimum Gasteiger partial charge on any atom is -0.381 e. The van der Waals surface area contributed by atoms with Crippen molar-refractivity contribution < 1.29 is 14.3 Å². The molecule has 0 amide bonds. The van der Waals surface area contributed by atoms with E-state index in [9.17, 15) is 4.79 Å². The summed E-state index contributed by atoms with van der Waals surface area (Å²) in [5.74, 6) is 0. The van der Waals surface area contributed by atoms with E-state index in [1.165, 1.54) is 0 Å². The third-order valence-corrected chi connectivity index (χ3v) is 2.31. The molecule has 1 fully saturated rings. The maximum atomic E-state index is 10.0. The molecule has 12 heavy (non-hydrogen) atoms. The average Bonchev–Trinajstić information content (AvgIpc) is 2.15. The molecule has 1 saturated carbocycles. The molecule has 0 aromatic carbocycles. The van der Waals surface area contributed by atoms with Gasteiger partial charge in [0.05, 0.1) is 12.2 Å². The molecule has 2 atom stereocenters. The Labute approximate surface area is 73.0 Å². The molecule has 0 radical (unpaired) electrons. The quantitative estimate of drug-likeness (QED) is 0.597. The fraction of sp³-hybridized carbons (Fsp3) is 0.889. The highest BCUT2D eigenvalue weighted by atomic mass is 16.5. The first-order valence-electron chi connectivity index (χ1n) is 4.45. The summed E-state index contributed by atoms with van der Waals surface area (Å²) in [7, 11) is 1.73. The van der Waals surface area contributed by atoms with Crippen molar-refractivity contribution >= 4 is 6.29 Å². The van der Waals surface area contributed by atoms with Crippen LogP contribution >= 0.6 is 0 Å². The van der Waals surface area contributed by atoms with Crippen LogP contribution in [0.5, 0.6) is 0 Å². The number of aldehydes is 1. The van der Waals surface area contributed by atoms with Gasteiger partial charge in [-0.25, -0.2) is 0 Å². The van der Waals surface area contributed by atoms with Gasteiger partial charge < -0.3 is 14.3 Å². The van der Waals surface area contributed by atoms with E-state index in [1.807, 2.05) is 0 Å². The summed E-state index contributed by atoms with van der Waals surface area (Å²) in [6, 6.07) is 0. The van der Waals surface area contributed by atoms with Gasteiger partial charge in [0.25, 0.3) is 0 Å². The van der Waals surface area contributed by atoms with Crippen LogP contribution < -0.4 is 0 Å². The zero-order valence-electron chi connectivity index (χ0n) is 7.49. The second-order valence-corrected chi connectivity index (χ2v) is 3.15. The predicted molar refractivity (Wildman–Crippen MR) is 45.1 cm³/mol. The number of carbonyl (C=O) groups is 1. The molecule has 3 heteroatoms. The van der Waals surface area contributed by atoms with E-state index in [0.29, 0.717) is 6.10 Å². The molecule has 0 aromatic rings. The van der Waals surface area contributed by atoms with Crippen molar-refractivity contribution in [2.45, 2.75) is 37.9 Å². The van der Waals surface area contributed by atoms with Gasteiger partial charge >= 0.3 is 0 Å². The summed E-state index contributed by atoms with van der Waals surface area (Å²) in [6.45, 7) is 0.223. The second kappa shape index (κ2) is 5.27. The summed E-state index contributed by atoms with van der Waals surface area (Å²) in [5, 5.41) is 0. The van der Waals surface area contributed by atoms with Crippen LogP contribution in [0.2, 0.25) is 0 Å². The van der Waals surface area contributed by atoms with Gasteiger partial charge in [-0.3, -0.25) is 0 Å². The van der Waals surface area contributed by atoms with Crippen molar-refractivity contribution in [1.82, 2.24) is 0 Å². The van der Waals surface area contributed by atoms with E-state index in [2.05, 4.69) is 0 Å². The smallest absolute Gasteiger partial charge is 0.145 e. The van der Waals surface area contributed by atoms with Crippen LogP contribution in [-0.4, -0.2) is 32.2 Å². The highest BCUT2D eigenvalue weighted by Gasteiger charge is 2.21. The highest BCUT2D eigenvalue weighted by molar-refractivity contribution is 5.50. The first-order valence-corrected chi connectivity index (χ1v) is 4.45. The van der Waals surface area contributed by atoms with Crippen molar-refractivity contribution in [3.8, 4) is 0 Å². The standard InChI is InChI=1S/C9H16O3/c1-11-8-3-2-4-9(7-8)12-6-5-10/h5,8-9H,2-4,6-7H2,1H3. The summed E-state index contributed by atoms with van der Waals surface area (Å²) >= 11 is 0. The molecule has 0 aromatic heterocycles. The van der Waals surface area contributed by atoms with Crippen molar-refractivity contribution in [3.63, 3.8) is 0 Å². The molecule has 0 spiro atoms. The molecule has 1 aliphatic rings. The topological polar surface area (TPSA) is 35.5 Å². The third-order valence-electron chi connectivity index (χ3n) is 2.31. The van der Waals surface area contributed by atoms with Crippen LogP contribution in [0, 0.1) is 0 Å². The van der Waals surface area contributed by atoms with E-state index in [0.717, 1.165) is 32.0 Å². The zero-order valence-corrected chi connectivity index (χ0v) is 7.49. The Morgan fingerprint density at radius 1 is 1.42 bits per heavy atom. The summed E-state index contributed by atoms with van der Waals surface area (Å²) in [6.07, 6.45) is 5.62. The third kappa shape index (κ3) is 2.91. The van der Waals surface area contributed by atoms with E-state index in [4.69, 9.17) is 9.47 Å². The Morgan fingerprint density at radius 3 is 2.83 bits per heavy atom. The second-order valence-electron chi connectivity index (χ2n) is 3.15. The van der Waals surface area contributed by atoms with Crippen molar-refractivity contribution in [3.05, 3.63) is 0 Å². The lowest BCUT2D eigenvalue weighted by atomic mass is 9.95. The average molecular weight is 172 g/mol. The van der Waals surface area contributed by atoms with E-state index in [1.54, 1.807) is 7.11 Å². The fourth-order valence-corrected chi connectivity index (χ4v) is 1.64. The summed E-state index contributed by atoms with van der Waals surface area (Å²) < 4.78 is 10.5. The van der Waals surface area contributed by atoms with E-state index in [-0.39, 0.29) is 12.7 Å². The molecule has 2 unspecified atom stereocenters. The normalized spacial score (nSPS) is 30.1. The van der Waals surface area contributed by atoms with E-state index >= 15 is 0 Å². The monoisotopic (exact) mass is 172 g/mol. The number of carbonyl (C=O) groups excluding carboxylic acids is 1. The number of hydrogen-bond acceptors (Lipinski definition) is 3. The van der Waals surface area contributed by atoms with Crippen LogP contribution in [0.15, 0.2) is 0 Å². The Balaban J connectivity index is 2.20. The minimum atomic E-state index is 0.223. The number of hydrogen-bond donors (Lipinski definition) is 0. The van der Waals surface area contributed by atoms with Gasteiger partial charge in [0.1, 0.15) is 12.9 Å². The first-order chi connectivity index (χ1) is 5.86. The van der Waals surface area contributed by atoms with Crippen molar-refractivity contribution in [2.24, 2.45) is 0 Å². The molecular formula is C9H16O3. The molecule has 0 saturated heterocycles. The van der Waals surface area contributed by atoms with Crippen LogP contribution in [0.1, 0.15) is 25.7 Å². The van der Waals surface area contributed by atoms with Gasteiger partial charge in [0, 0.05) is 7.11 Å². The molecule has 1 aliphatic carbocycles. The van der Waals surface area contributed by atoms with Gasteiger partial charge in [-0.15, -0.1) is 0 Å². The predicted octanol–water partition coefficient (Wildman–Crippen LogP) is 1.16. The first kappa shape index (κ1) is 9.68. The molecule has 70 valence electrons. The van der Waals surface area contributed by atoms with Crippen LogP contribution in [0.25, 0.3) is 0 Å².